The van der Waals surface area contributed by atoms with Crippen LogP contribution in [0.3, 0.4) is 0 Å². The molecule has 25 heavy (non-hydrogen) atoms. The van der Waals surface area contributed by atoms with E-state index in [4.69, 9.17) is 0 Å². The fourth-order valence-electron chi connectivity index (χ4n) is 2.91. The molecule has 0 bridgehead atoms. The summed E-state index contributed by atoms with van der Waals surface area (Å²) in [7, 11) is 0. The summed E-state index contributed by atoms with van der Waals surface area (Å²) < 4.78 is 40.1. The number of halogens is 3. The molecule has 1 saturated heterocycles. The summed E-state index contributed by atoms with van der Waals surface area (Å²) in [6.45, 7) is 2.65. The molecule has 1 aliphatic heterocycles. The van der Waals surface area contributed by atoms with Crippen LogP contribution in [0.5, 0.6) is 0 Å². The maximum Gasteiger partial charge on any atom is 0.416 e. The van der Waals surface area contributed by atoms with E-state index >= 15 is 0 Å². The third-order valence-corrected chi connectivity index (χ3v) is 4.17. The summed E-state index contributed by atoms with van der Waals surface area (Å²) in [5.41, 5.74) is 0.363. The van der Waals surface area contributed by atoms with E-state index in [1.54, 1.807) is 18.3 Å². The number of piperazine rings is 1. The van der Waals surface area contributed by atoms with Gasteiger partial charge in [-0.3, -0.25) is 5.10 Å². The molecule has 6 nitrogen and oxygen atoms in total. The Balaban J connectivity index is 0.00000196. The van der Waals surface area contributed by atoms with Gasteiger partial charge in [0.05, 0.1) is 17.0 Å². The van der Waals surface area contributed by atoms with Gasteiger partial charge < -0.3 is 10.2 Å². The molecular weight excluding hydrogens is 333 g/mol. The van der Waals surface area contributed by atoms with E-state index < -0.39 is 11.7 Å². The number of fused-ring (bicyclic) bond motifs is 1. The third kappa shape index (κ3) is 3.02. The van der Waals surface area contributed by atoms with Crippen molar-refractivity contribution in [1.82, 2.24) is 25.5 Å². The molecule has 9 heteroatoms. The fourth-order valence-corrected chi connectivity index (χ4v) is 2.91. The monoisotopic (exact) mass is 350 g/mol. The Morgan fingerprint density at radius 1 is 1.16 bits per heavy atom. The van der Waals surface area contributed by atoms with Crippen LogP contribution in [0.25, 0.3) is 22.4 Å². The van der Waals surface area contributed by atoms with Gasteiger partial charge in [-0.15, -0.1) is 0 Å². The number of nitrogens with one attached hydrogen (secondary N) is 2. The maximum absolute atomic E-state index is 13.4. The number of rotatable bonds is 2. The molecule has 4 heterocycles. The largest absolute Gasteiger partial charge is 0.416 e. The molecule has 1 aliphatic rings. The van der Waals surface area contributed by atoms with Crippen LogP contribution in [0, 0.1) is 0 Å². The van der Waals surface area contributed by atoms with E-state index in [1.165, 1.54) is 0 Å². The van der Waals surface area contributed by atoms with Crippen molar-refractivity contribution < 1.29 is 14.6 Å². The zero-order valence-electron chi connectivity index (χ0n) is 13.1. The minimum Gasteiger partial charge on any atom is -0.354 e. The Morgan fingerprint density at radius 3 is 2.72 bits per heavy atom. The molecule has 0 atom stereocenters. The first kappa shape index (κ1) is 15.8. The SMILES string of the molecule is FC(F)(F)c1cc(-c2[nH]nc3ncccc23)nc(N2CCNCC2)c1.[HH]. The fraction of sp³-hybridized carbons (Fsp3) is 0.312. The zero-order chi connectivity index (χ0) is 17.4. The summed E-state index contributed by atoms with van der Waals surface area (Å²) in [6.07, 6.45) is -2.87. The molecule has 0 saturated carbocycles. The molecule has 3 aromatic rings. The lowest BCUT2D eigenvalue weighted by atomic mass is 10.1. The number of hydrogen-bond donors (Lipinski definition) is 2. The van der Waals surface area contributed by atoms with Crippen molar-refractivity contribution in [3.05, 3.63) is 36.0 Å². The normalized spacial score (nSPS) is 15.7. The van der Waals surface area contributed by atoms with E-state index in [0.717, 1.165) is 12.1 Å². The van der Waals surface area contributed by atoms with Crippen molar-refractivity contribution in [1.29, 1.82) is 0 Å². The Morgan fingerprint density at radius 2 is 1.96 bits per heavy atom. The second kappa shape index (κ2) is 5.99. The summed E-state index contributed by atoms with van der Waals surface area (Å²) in [5, 5.41) is 10.6. The summed E-state index contributed by atoms with van der Waals surface area (Å²) in [5.74, 6) is 0.318. The molecule has 0 aliphatic carbocycles. The Bertz CT molecular complexity index is 904. The Kier molecular flexibility index (Phi) is 3.79. The minimum absolute atomic E-state index is 0. The van der Waals surface area contributed by atoms with Crippen molar-refractivity contribution in [2.45, 2.75) is 6.18 Å². The lowest BCUT2D eigenvalue weighted by Gasteiger charge is -2.29. The number of H-pyrrole nitrogens is 1. The molecular formula is C16H17F3N6. The highest BCUT2D eigenvalue weighted by Crippen LogP contribution is 2.35. The number of anilines is 1. The van der Waals surface area contributed by atoms with Crippen molar-refractivity contribution in [2.24, 2.45) is 0 Å². The topological polar surface area (TPSA) is 69.7 Å². The van der Waals surface area contributed by atoms with Crippen LogP contribution in [-0.2, 0) is 6.18 Å². The van der Waals surface area contributed by atoms with E-state index in [2.05, 4.69) is 25.5 Å². The van der Waals surface area contributed by atoms with Gasteiger partial charge >= 0.3 is 6.18 Å². The number of hydrogen-bond acceptors (Lipinski definition) is 5. The van der Waals surface area contributed by atoms with Crippen molar-refractivity contribution >= 4 is 16.9 Å². The van der Waals surface area contributed by atoms with Gasteiger partial charge in [-0.05, 0) is 24.3 Å². The van der Waals surface area contributed by atoms with Crippen LogP contribution < -0.4 is 10.2 Å². The Hall–Kier alpha value is -2.68. The van der Waals surface area contributed by atoms with Gasteiger partial charge in [0.15, 0.2) is 5.65 Å². The lowest BCUT2D eigenvalue weighted by molar-refractivity contribution is -0.137. The summed E-state index contributed by atoms with van der Waals surface area (Å²) >= 11 is 0. The molecule has 132 valence electrons. The Labute approximate surface area is 142 Å². The van der Waals surface area contributed by atoms with Crippen LogP contribution in [-0.4, -0.2) is 46.3 Å². The first-order valence-corrected chi connectivity index (χ1v) is 7.87. The van der Waals surface area contributed by atoms with Gasteiger partial charge in [0.2, 0.25) is 0 Å². The van der Waals surface area contributed by atoms with Gasteiger partial charge in [0, 0.05) is 39.2 Å². The number of aromatic nitrogens is 4. The highest BCUT2D eigenvalue weighted by atomic mass is 19.4. The molecule has 2 N–H and O–H groups in total. The van der Waals surface area contributed by atoms with Crippen LogP contribution >= 0.6 is 0 Å². The third-order valence-electron chi connectivity index (χ3n) is 4.17. The smallest absolute Gasteiger partial charge is 0.354 e. The number of alkyl halides is 3. The molecule has 3 aromatic heterocycles. The quantitative estimate of drug-likeness (QED) is 0.744. The second-order valence-electron chi connectivity index (χ2n) is 5.81. The van der Waals surface area contributed by atoms with Crippen molar-refractivity contribution in [2.75, 3.05) is 31.1 Å². The molecule has 0 unspecified atom stereocenters. The number of aromatic amines is 1. The highest BCUT2D eigenvalue weighted by Gasteiger charge is 2.33. The van der Waals surface area contributed by atoms with Crippen molar-refractivity contribution in [3.8, 4) is 11.4 Å². The predicted octanol–water partition coefficient (Wildman–Crippen LogP) is 2.69. The van der Waals surface area contributed by atoms with Gasteiger partial charge in [-0.1, -0.05) is 0 Å². The molecule has 0 aromatic carbocycles. The predicted molar refractivity (Wildman–Crippen MR) is 89.3 cm³/mol. The molecule has 0 radical (unpaired) electrons. The van der Waals surface area contributed by atoms with Gasteiger partial charge in [-0.25, -0.2) is 9.97 Å². The zero-order valence-corrected chi connectivity index (χ0v) is 13.1. The van der Waals surface area contributed by atoms with E-state index in [-0.39, 0.29) is 7.12 Å². The molecule has 0 amide bonds. The molecule has 1 fully saturated rings. The molecule has 0 spiro atoms. The first-order valence-electron chi connectivity index (χ1n) is 7.87. The van der Waals surface area contributed by atoms with E-state index in [0.29, 0.717) is 48.7 Å². The van der Waals surface area contributed by atoms with Crippen LogP contribution in [0.1, 0.15) is 6.99 Å². The lowest BCUT2D eigenvalue weighted by Crippen LogP contribution is -2.44. The molecule has 4 rings (SSSR count). The van der Waals surface area contributed by atoms with Crippen molar-refractivity contribution in [3.63, 3.8) is 0 Å². The average Bonchev–Trinajstić information content (AvgIpc) is 3.05. The summed E-state index contributed by atoms with van der Waals surface area (Å²) in [6, 6.07) is 5.62. The number of nitrogens with zero attached hydrogens (tertiary/aromatic N) is 4. The maximum atomic E-state index is 13.4. The highest BCUT2D eigenvalue weighted by molar-refractivity contribution is 5.89. The van der Waals surface area contributed by atoms with E-state index in [9.17, 15) is 13.2 Å². The van der Waals surface area contributed by atoms with Crippen LogP contribution in [0.15, 0.2) is 30.5 Å². The van der Waals surface area contributed by atoms with Crippen LogP contribution in [0.2, 0.25) is 0 Å². The number of pyridine rings is 2. The minimum atomic E-state index is -4.45. The summed E-state index contributed by atoms with van der Waals surface area (Å²) in [4.78, 5) is 10.4. The standard InChI is InChI=1S/C16H15F3N6.H2/c17-16(18,19)10-8-12(14-11-2-1-3-21-15(11)24-23-14)22-13(9-10)25-6-4-20-5-7-25;/h1-3,8-9,20H,4-7H2,(H,21,23,24);1H. The van der Waals surface area contributed by atoms with Gasteiger partial charge in [-0.2, -0.15) is 18.3 Å². The van der Waals surface area contributed by atoms with Gasteiger partial charge in [0.25, 0.3) is 0 Å². The average molecular weight is 350 g/mol. The van der Waals surface area contributed by atoms with E-state index in [1.807, 2.05) is 4.90 Å². The van der Waals surface area contributed by atoms with Gasteiger partial charge in [0.1, 0.15) is 5.82 Å². The van der Waals surface area contributed by atoms with Crippen LogP contribution in [0.4, 0.5) is 19.0 Å². The first-order chi connectivity index (χ1) is 12.0. The second-order valence-corrected chi connectivity index (χ2v) is 5.81.